The first-order chi connectivity index (χ1) is 7.65. The SMILES string of the molecule is Cc1nc(Br)cc(NCc2ccnn2C)n1. The number of aryl methyl sites for hydroxylation is 2. The first kappa shape index (κ1) is 11.1. The Morgan fingerprint density at radius 3 is 2.88 bits per heavy atom. The summed E-state index contributed by atoms with van der Waals surface area (Å²) in [5.41, 5.74) is 1.10. The van der Waals surface area contributed by atoms with Crippen LogP contribution in [0.1, 0.15) is 11.5 Å². The van der Waals surface area contributed by atoms with Gasteiger partial charge in [-0.1, -0.05) is 0 Å². The van der Waals surface area contributed by atoms with Crippen molar-refractivity contribution in [3.8, 4) is 0 Å². The lowest BCUT2D eigenvalue weighted by atomic mass is 10.4. The number of rotatable bonds is 3. The molecule has 0 aliphatic rings. The van der Waals surface area contributed by atoms with Crippen LogP contribution in [-0.2, 0) is 13.6 Å². The molecule has 0 radical (unpaired) electrons. The van der Waals surface area contributed by atoms with Gasteiger partial charge in [0, 0.05) is 19.3 Å². The van der Waals surface area contributed by atoms with E-state index in [0.717, 1.165) is 21.9 Å². The molecule has 0 atom stereocenters. The first-order valence-electron chi connectivity index (χ1n) is 4.87. The Morgan fingerprint density at radius 2 is 2.25 bits per heavy atom. The summed E-state index contributed by atoms with van der Waals surface area (Å²) in [4.78, 5) is 8.43. The lowest BCUT2D eigenvalue weighted by molar-refractivity contribution is 0.719. The van der Waals surface area contributed by atoms with Crippen molar-refractivity contribution >= 4 is 21.7 Å². The molecule has 0 bridgehead atoms. The summed E-state index contributed by atoms with van der Waals surface area (Å²) in [5, 5.41) is 7.33. The van der Waals surface area contributed by atoms with Crippen LogP contribution in [0.4, 0.5) is 5.82 Å². The molecule has 2 heterocycles. The molecular weight excluding hydrogens is 270 g/mol. The zero-order valence-corrected chi connectivity index (χ0v) is 10.7. The molecular formula is C10H12BrN5. The molecule has 84 valence electrons. The van der Waals surface area contributed by atoms with Crippen molar-refractivity contribution in [3.63, 3.8) is 0 Å². The third-order valence-corrected chi connectivity index (χ3v) is 2.59. The average molecular weight is 282 g/mol. The standard InChI is InChI=1S/C10H12BrN5/c1-7-14-9(11)5-10(15-7)12-6-8-3-4-13-16(8)2/h3-5H,6H2,1-2H3,(H,12,14,15). The number of nitrogens with zero attached hydrogens (tertiary/aromatic N) is 4. The number of anilines is 1. The zero-order valence-electron chi connectivity index (χ0n) is 9.11. The minimum absolute atomic E-state index is 0.694. The molecule has 2 aromatic heterocycles. The van der Waals surface area contributed by atoms with Crippen LogP contribution in [0.25, 0.3) is 0 Å². The highest BCUT2D eigenvalue weighted by atomic mass is 79.9. The van der Waals surface area contributed by atoms with Gasteiger partial charge in [-0.15, -0.1) is 0 Å². The second-order valence-corrected chi connectivity index (χ2v) is 4.24. The van der Waals surface area contributed by atoms with Crippen molar-refractivity contribution in [2.75, 3.05) is 5.32 Å². The van der Waals surface area contributed by atoms with Crippen molar-refractivity contribution in [3.05, 3.63) is 34.5 Å². The van der Waals surface area contributed by atoms with Gasteiger partial charge in [0.2, 0.25) is 0 Å². The summed E-state index contributed by atoms with van der Waals surface area (Å²) in [6, 6.07) is 3.82. The van der Waals surface area contributed by atoms with Gasteiger partial charge in [-0.05, 0) is 28.9 Å². The van der Waals surface area contributed by atoms with Crippen LogP contribution >= 0.6 is 15.9 Å². The summed E-state index contributed by atoms with van der Waals surface area (Å²) in [6.07, 6.45) is 1.78. The van der Waals surface area contributed by atoms with Crippen LogP contribution in [0.2, 0.25) is 0 Å². The first-order valence-corrected chi connectivity index (χ1v) is 5.66. The summed E-state index contributed by atoms with van der Waals surface area (Å²) < 4.78 is 2.61. The number of hydrogen-bond acceptors (Lipinski definition) is 4. The van der Waals surface area contributed by atoms with Gasteiger partial charge in [0.25, 0.3) is 0 Å². The molecule has 1 N–H and O–H groups in total. The van der Waals surface area contributed by atoms with E-state index < -0.39 is 0 Å². The Balaban J connectivity index is 2.07. The minimum atomic E-state index is 0.694. The lowest BCUT2D eigenvalue weighted by Crippen LogP contribution is -2.07. The largest absolute Gasteiger partial charge is 0.364 e. The summed E-state index contributed by atoms with van der Waals surface area (Å²) in [7, 11) is 1.91. The summed E-state index contributed by atoms with van der Waals surface area (Å²) in [6.45, 7) is 2.55. The average Bonchev–Trinajstić information content (AvgIpc) is 2.59. The van der Waals surface area contributed by atoms with Crippen molar-refractivity contribution in [1.82, 2.24) is 19.7 Å². The maximum Gasteiger partial charge on any atom is 0.131 e. The fourth-order valence-electron chi connectivity index (χ4n) is 1.38. The lowest BCUT2D eigenvalue weighted by Gasteiger charge is -2.06. The summed E-state index contributed by atoms with van der Waals surface area (Å²) >= 11 is 3.34. The highest BCUT2D eigenvalue weighted by molar-refractivity contribution is 9.10. The second kappa shape index (κ2) is 4.61. The third kappa shape index (κ3) is 2.57. The van der Waals surface area contributed by atoms with Gasteiger partial charge in [-0.3, -0.25) is 4.68 Å². The normalized spacial score (nSPS) is 10.4. The topological polar surface area (TPSA) is 55.6 Å². The predicted molar refractivity (Wildman–Crippen MR) is 65.0 cm³/mol. The minimum Gasteiger partial charge on any atom is -0.364 e. The highest BCUT2D eigenvalue weighted by Gasteiger charge is 2.01. The molecule has 0 amide bonds. The number of nitrogens with one attached hydrogen (secondary N) is 1. The third-order valence-electron chi connectivity index (χ3n) is 2.18. The van der Waals surface area contributed by atoms with E-state index in [1.54, 1.807) is 6.20 Å². The van der Waals surface area contributed by atoms with Crippen molar-refractivity contribution in [1.29, 1.82) is 0 Å². The molecule has 0 aliphatic heterocycles. The number of hydrogen-bond donors (Lipinski definition) is 1. The van der Waals surface area contributed by atoms with E-state index in [4.69, 9.17) is 0 Å². The van der Waals surface area contributed by atoms with E-state index in [-0.39, 0.29) is 0 Å². The number of aromatic nitrogens is 4. The Bertz CT molecular complexity index is 473. The van der Waals surface area contributed by atoms with Crippen LogP contribution in [0.3, 0.4) is 0 Å². The molecule has 2 rings (SSSR count). The molecule has 2 aromatic rings. The fourth-order valence-corrected chi connectivity index (χ4v) is 1.85. The Morgan fingerprint density at radius 1 is 1.44 bits per heavy atom. The van der Waals surface area contributed by atoms with Gasteiger partial charge in [0.1, 0.15) is 16.2 Å². The van der Waals surface area contributed by atoms with Crippen LogP contribution in [0, 0.1) is 6.92 Å². The molecule has 0 saturated carbocycles. The number of halogens is 1. The molecule has 6 heteroatoms. The quantitative estimate of drug-likeness (QED) is 0.873. The Labute approximate surface area is 102 Å². The van der Waals surface area contributed by atoms with E-state index in [0.29, 0.717) is 6.54 Å². The summed E-state index contributed by atoms with van der Waals surface area (Å²) in [5.74, 6) is 1.54. The van der Waals surface area contributed by atoms with Crippen LogP contribution < -0.4 is 5.32 Å². The fraction of sp³-hybridized carbons (Fsp3) is 0.300. The van der Waals surface area contributed by atoms with Gasteiger partial charge in [0.05, 0.1) is 12.2 Å². The van der Waals surface area contributed by atoms with E-state index in [9.17, 15) is 0 Å². The Hall–Kier alpha value is -1.43. The van der Waals surface area contributed by atoms with Gasteiger partial charge >= 0.3 is 0 Å². The molecule has 16 heavy (non-hydrogen) atoms. The molecule has 0 aromatic carbocycles. The van der Waals surface area contributed by atoms with Crippen LogP contribution in [-0.4, -0.2) is 19.7 Å². The highest BCUT2D eigenvalue weighted by Crippen LogP contribution is 2.12. The molecule has 0 unspecified atom stereocenters. The van der Waals surface area contributed by atoms with Gasteiger partial charge in [-0.25, -0.2) is 9.97 Å². The van der Waals surface area contributed by atoms with Crippen LogP contribution in [0.15, 0.2) is 22.9 Å². The smallest absolute Gasteiger partial charge is 0.131 e. The van der Waals surface area contributed by atoms with Gasteiger partial charge in [-0.2, -0.15) is 5.10 Å². The maximum absolute atomic E-state index is 4.28. The molecule has 5 nitrogen and oxygen atoms in total. The molecule has 0 spiro atoms. The maximum atomic E-state index is 4.28. The van der Waals surface area contributed by atoms with E-state index in [1.165, 1.54) is 0 Å². The monoisotopic (exact) mass is 281 g/mol. The molecule has 0 fully saturated rings. The van der Waals surface area contributed by atoms with Crippen molar-refractivity contribution in [2.45, 2.75) is 13.5 Å². The predicted octanol–water partition coefficient (Wildman–Crippen LogP) is 1.89. The molecule has 0 saturated heterocycles. The molecule has 0 aliphatic carbocycles. The van der Waals surface area contributed by atoms with Crippen molar-refractivity contribution < 1.29 is 0 Å². The van der Waals surface area contributed by atoms with Crippen LogP contribution in [0.5, 0.6) is 0 Å². The Kier molecular flexibility index (Phi) is 3.19. The van der Waals surface area contributed by atoms with Gasteiger partial charge in [0.15, 0.2) is 0 Å². The van der Waals surface area contributed by atoms with Gasteiger partial charge < -0.3 is 5.32 Å². The second-order valence-electron chi connectivity index (χ2n) is 3.42. The van der Waals surface area contributed by atoms with E-state index >= 15 is 0 Å². The van der Waals surface area contributed by atoms with E-state index in [2.05, 4.69) is 36.3 Å². The van der Waals surface area contributed by atoms with Crippen molar-refractivity contribution in [2.24, 2.45) is 7.05 Å². The van der Waals surface area contributed by atoms with E-state index in [1.807, 2.05) is 30.8 Å². The zero-order chi connectivity index (χ0) is 11.5.